The zero-order valence-corrected chi connectivity index (χ0v) is 28.4. The number of likely N-dealkylation sites (N-methyl/N-ethyl adjacent to an activating group) is 1. The van der Waals surface area contributed by atoms with Gasteiger partial charge in [-0.15, -0.1) is 0 Å². The summed E-state index contributed by atoms with van der Waals surface area (Å²) < 4.78 is 23.5. The van der Waals surface area contributed by atoms with Crippen molar-refractivity contribution in [3.05, 3.63) is 77.4 Å². The van der Waals surface area contributed by atoms with Gasteiger partial charge in [0.2, 0.25) is 5.91 Å². The van der Waals surface area contributed by atoms with E-state index < -0.39 is 12.1 Å². The Morgan fingerprint density at radius 2 is 1.63 bits per heavy atom. The Bertz CT molecular complexity index is 1640. The van der Waals surface area contributed by atoms with E-state index in [2.05, 4.69) is 27.5 Å². The fourth-order valence-electron chi connectivity index (χ4n) is 6.50. The molecule has 7 rings (SSSR count). The molecule has 4 aliphatic heterocycles. The van der Waals surface area contributed by atoms with Gasteiger partial charge in [0.05, 0.1) is 20.3 Å². The van der Waals surface area contributed by atoms with Gasteiger partial charge in [0.25, 0.3) is 11.8 Å². The molecule has 0 saturated carbocycles. The van der Waals surface area contributed by atoms with Crippen molar-refractivity contribution in [2.75, 3.05) is 72.0 Å². The number of aryl methyl sites for hydroxylation is 1. The first-order valence-corrected chi connectivity index (χ1v) is 16.8. The maximum absolute atomic E-state index is 13.7. The largest absolute Gasteiger partial charge is 0.496 e. The lowest BCUT2D eigenvalue weighted by atomic mass is 10.00. The summed E-state index contributed by atoms with van der Waals surface area (Å²) >= 11 is 0. The van der Waals surface area contributed by atoms with Gasteiger partial charge in [-0.05, 0) is 67.6 Å². The Kier molecular flexibility index (Phi) is 10.7. The first-order chi connectivity index (χ1) is 23.8. The molecule has 4 heterocycles. The third-order valence-corrected chi connectivity index (χ3v) is 9.42. The summed E-state index contributed by atoms with van der Waals surface area (Å²) in [6.07, 6.45) is 0.818. The second-order valence-electron chi connectivity index (χ2n) is 12.7. The number of ether oxygens (including phenoxy) is 4. The Labute approximate surface area is 287 Å². The van der Waals surface area contributed by atoms with E-state index in [1.54, 1.807) is 30.2 Å². The van der Waals surface area contributed by atoms with Gasteiger partial charge < -0.3 is 44.3 Å². The number of anilines is 1. The van der Waals surface area contributed by atoms with E-state index in [0.717, 1.165) is 43.0 Å². The predicted molar refractivity (Wildman–Crippen MR) is 185 cm³/mol. The minimum absolute atomic E-state index is 0.0981. The number of methoxy groups -OCH3 is 2. The van der Waals surface area contributed by atoms with E-state index in [4.69, 9.17) is 18.9 Å². The second kappa shape index (κ2) is 15.5. The number of benzene rings is 3. The predicted octanol–water partition coefficient (Wildman–Crippen LogP) is 2.88. The number of fused-ring (bicyclic) bond motifs is 9. The fraction of sp³-hybridized carbons (Fsp3) is 0.432. The molecular weight excluding hydrogens is 626 g/mol. The third kappa shape index (κ3) is 8.37. The number of carbonyl (C=O) groups is 3. The van der Waals surface area contributed by atoms with Crippen LogP contribution in [-0.4, -0.2) is 107 Å². The average Bonchev–Trinajstić information content (AvgIpc) is 3.13. The summed E-state index contributed by atoms with van der Waals surface area (Å²) in [4.78, 5) is 46.2. The van der Waals surface area contributed by atoms with Gasteiger partial charge in [-0.1, -0.05) is 6.07 Å². The Balaban J connectivity index is 1.21. The van der Waals surface area contributed by atoms with Crippen molar-refractivity contribution in [1.82, 2.24) is 20.4 Å². The molecule has 4 bridgehead atoms. The quantitative estimate of drug-likeness (QED) is 0.432. The maximum Gasteiger partial charge on any atom is 0.258 e. The molecule has 3 amide bonds. The third-order valence-electron chi connectivity index (χ3n) is 9.42. The van der Waals surface area contributed by atoms with Crippen molar-refractivity contribution in [2.45, 2.75) is 38.0 Å². The molecule has 260 valence electrons. The van der Waals surface area contributed by atoms with Crippen LogP contribution < -0.4 is 34.5 Å². The Morgan fingerprint density at radius 1 is 0.857 bits per heavy atom. The van der Waals surface area contributed by atoms with E-state index in [9.17, 15) is 14.4 Å². The summed E-state index contributed by atoms with van der Waals surface area (Å²) in [5.41, 5.74) is 3.39. The molecule has 0 aromatic heterocycles. The van der Waals surface area contributed by atoms with Crippen molar-refractivity contribution < 1.29 is 33.3 Å². The second-order valence-corrected chi connectivity index (χ2v) is 12.7. The van der Waals surface area contributed by atoms with Crippen LogP contribution in [0.4, 0.5) is 5.69 Å². The zero-order valence-electron chi connectivity index (χ0n) is 28.4. The van der Waals surface area contributed by atoms with Gasteiger partial charge in [0, 0.05) is 81.5 Å². The van der Waals surface area contributed by atoms with Crippen LogP contribution in [0.5, 0.6) is 23.0 Å². The van der Waals surface area contributed by atoms with Crippen molar-refractivity contribution in [3.8, 4) is 23.0 Å². The van der Waals surface area contributed by atoms with E-state index >= 15 is 0 Å². The molecule has 2 atom stereocenters. The molecule has 0 radical (unpaired) electrons. The van der Waals surface area contributed by atoms with Crippen LogP contribution in [-0.2, 0) is 22.6 Å². The summed E-state index contributed by atoms with van der Waals surface area (Å²) in [5, 5.41) is 6.04. The number of hydrogen-bond acceptors (Lipinski definition) is 9. The Hall–Kier alpha value is -4.97. The summed E-state index contributed by atoms with van der Waals surface area (Å²) in [6, 6.07) is 18.2. The van der Waals surface area contributed by atoms with Crippen LogP contribution in [0.1, 0.15) is 34.3 Å². The highest BCUT2D eigenvalue weighted by atomic mass is 16.5. The molecular formula is C37H45N5O7. The SMILES string of the molecule is COc1cc2ccc1CNC(=O)CCc1ccc(OC)c(c1)OCC(=O)N[C@@H]1CN(C(=O)c3ccc(N4CCN(C)CC4)cc3)CC[C@@H]1O2. The van der Waals surface area contributed by atoms with E-state index in [-0.39, 0.29) is 37.3 Å². The van der Waals surface area contributed by atoms with Crippen LogP contribution in [0.25, 0.3) is 0 Å². The molecule has 4 aliphatic rings. The topological polar surface area (TPSA) is 122 Å². The van der Waals surface area contributed by atoms with Gasteiger partial charge in [0.15, 0.2) is 18.1 Å². The van der Waals surface area contributed by atoms with Gasteiger partial charge in [0.1, 0.15) is 17.6 Å². The van der Waals surface area contributed by atoms with Gasteiger partial charge in [-0.3, -0.25) is 14.4 Å². The van der Waals surface area contributed by atoms with E-state index in [0.29, 0.717) is 54.5 Å². The molecule has 0 aliphatic carbocycles. The van der Waals surface area contributed by atoms with E-state index in [1.165, 1.54) is 7.11 Å². The Morgan fingerprint density at radius 3 is 2.39 bits per heavy atom. The lowest BCUT2D eigenvalue weighted by Gasteiger charge is -2.39. The molecule has 12 nitrogen and oxygen atoms in total. The molecule has 3 aromatic rings. The molecule has 3 aromatic carbocycles. The lowest BCUT2D eigenvalue weighted by Crippen LogP contribution is -2.58. The number of carbonyl (C=O) groups excluding carboxylic acids is 3. The number of rotatable bonds is 4. The number of nitrogens with zero attached hydrogens (tertiary/aromatic N) is 3. The van der Waals surface area contributed by atoms with Crippen LogP contribution in [0, 0.1) is 0 Å². The molecule has 0 unspecified atom stereocenters. The highest BCUT2D eigenvalue weighted by molar-refractivity contribution is 5.94. The molecule has 2 N–H and O–H groups in total. The monoisotopic (exact) mass is 671 g/mol. The first kappa shape index (κ1) is 33.9. The van der Waals surface area contributed by atoms with Crippen LogP contribution >= 0.6 is 0 Å². The number of nitrogens with one attached hydrogen (secondary N) is 2. The van der Waals surface area contributed by atoms with Gasteiger partial charge in [-0.25, -0.2) is 0 Å². The number of likely N-dealkylation sites (tertiary alicyclic amines) is 1. The van der Waals surface area contributed by atoms with Crippen molar-refractivity contribution in [1.29, 1.82) is 0 Å². The number of amides is 3. The smallest absolute Gasteiger partial charge is 0.258 e. The van der Waals surface area contributed by atoms with E-state index in [1.807, 2.05) is 42.5 Å². The molecule has 2 fully saturated rings. The number of piperazine rings is 1. The standard InChI is InChI=1S/C37H45N5O7/c1-40-16-18-41(19-17-40)28-9-6-26(7-10-28)37(45)42-15-14-31-30(23-42)39-36(44)24-48-34-20-25(4-12-32(34)46-2)5-13-35(43)38-22-27-8-11-29(49-31)21-33(27)47-3/h4,6-12,20-21,30-31H,5,13-19,22-24H2,1-3H3,(H,38,43)(H,39,44)/t30-,31+/m1/s1. The van der Waals surface area contributed by atoms with Crippen molar-refractivity contribution in [2.24, 2.45) is 0 Å². The summed E-state index contributed by atoms with van der Waals surface area (Å²) in [6.45, 7) is 4.66. The number of hydrogen-bond donors (Lipinski definition) is 2. The highest BCUT2D eigenvalue weighted by Gasteiger charge is 2.35. The lowest BCUT2D eigenvalue weighted by molar-refractivity contribution is -0.125. The number of piperidine rings is 1. The van der Waals surface area contributed by atoms with Crippen molar-refractivity contribution in [3.63, 3.8) is 0 Å². The highest BCUT2D eigenvalue weighted by Crippen LogP contribution is 2.30. The van der Waals surface area contributed by atoms with Crippen LogP contribution in [0.15, 0.2) is 60.7 Å². The van der Waals surface area contributed by atoms with Crippen LogP contribution in [0.3, 0.4) is 0 Å². The molecule has 0 spiro atoms. The maximum atomic E-state index is 13.7. The zero-order chi connectivity index (χ0) is 34.3. The first-order valence-electron chi connectivity index (χ1n) is 16.8. The molecule has 2 saturated heterocycles. The molecule has 49 heavy (non-hydrogen) atoms. The minimum atomic E-state index is -0.515. The van der Waals surface area contributed by atoms with Gasteiger partial charge >= 0.3 is 0 Å². The summed E-state index contributed by atoms with van der Waals surface area (Å²) in [5.74, 6) is 1.47. The van der Waals surface area contributed by atoms with Crippen LogP contribution in [0.2, 0.25) is 0 Å². The minimum Gasteiger partial charge on any atom is -0.496 e. The molecule has 12 heteroatoms. The summed E-state index contributed by atoms with van der Waals surface area (Å²) in [7, 11) is 5.24. The fourth-order valence-corrected chi connectivity index (χ4v) is 6.50. The average molecular weight is 672 g/mol. The normalized spacial score (nSPS) is 20.7. The van der Waals surface area contributed by atoms with Crippen molar-refractivity contribution >= 4 is 23.4 Å². The van der Waals surface area contributed by atoms with Gasteiger partial charge in [-0.2, -0.15) is 0 Å².